The third-order valence-corrected chi connectivity index (χ3v) is 6.65. The molecule has 1 unspecified atom stereocenters. The predicted molar refractivity (Wildman–Crippen MR) is 132 cm³/mol. The molecule has 0 spiro atoms. The number of oxazole rings is 1. The topological polar surface area (TPSA) is 52.3 Å². The average molecular weight is 452 g/mol. The second-order valence-electron chi connectivity index (χ2n) is 8.95. The van der Waals surface area contributed by atoms with Crippen molar-refractivity contribution in [2.75, 3.05) is 0 Å². The molecule has 4 aromatic rings. The lowest BCUT2D eigenvalue weighted by molar-refractivity contribution is -0.134. The van der Waals surface area contributed by atoms with Crippen LogP contribution in [0.25, 0.3) is 0 Å². The highest BCUT2D eigenvalue weighted by molar-refractivity contribution is 5.72. The van der Waals surface area contributed by atoms with Crippen LogP contribution in [0.3, 0.4) is 0 Å². The van der Waals surface area contributed by atoms with Gasteiger partial charge < -0.3 is 9.15 Å². The van der Waals surface area contributed by atoms with E-state index in [2.05, 4.69) is 54.6 Å². The van der Waals surface area contributed by atoms with Crippen molar-refractivity contribution >= 4 is 5.97 Å². The highest BCUT2D eigenvalue weighted by Gasteiger charge is 2.25. The zero-order valence-corrected chi connectivity index (χ0v) is 19.4. The third-order valence-electron chi connectivity index (χ3n) is 6.65. The molecule has 0 N–H and O–H groups in total. The van der Waals surface area contributed by atoms with Gasteiger partial charge in [0.1, 0.15) is 12.0 Å². The molecule has 0 saturated heterocycles. The number of benzene rings is 3. The van der Waals surface area contributed by atoms with Gasteiger partial charge in [-0.2, -0.15) is 0 Å². The number of hydrogen-bond acceptors (Lipinski definition) is 4. The summed E-state index contributed by atoms with van der Waals surface area (Å²) in [6.45, 7) is 1.82. The van der Waals surface area contributed by atoms with Crippen molar-refractivity contribution in [2.24, 2.45) is 5.92 Å². The Labute approximate surface area is 200 Å². The smallest absolute Gasteiger partial charge is 0.310 e. The Balaban J connectivity index is 1.34. The van der Waals surface area contributed by atoms with E-state index in [0.29, 0.717) is 12.3 Å². The second kappa shape index (κ2) is 10.1. The number of carbonyl (C=O) groups is 1. The maximum Gasteiger partial charge on any atom is 0.310 e. The van der Waals surface area contributed by atoms with Gasteiger partial charge in [0.05, 0.1) is 11.6 Å². The first-order valence-electron chi connectivity index (χ1n) is 12.1. The van der Waals surface area contributed by atoms with Gasteiger partial charge in [0.15, 0.2) is 5.89 Å². The fourth-order valence-corrected chi connectivity index (χ4v) is 4.94. The lowest BCUT2D eigenvalue weighted by Gasteiger charge is -2.25. The van der Waals surface area contributed by atoms with Gasteiger partial charge in [0.2, 0.25) is 0 Å². The monoisotopic (exact) mass is 451 g/mol. The standard InChI is InChI=1S/C30H29NO3/c1-2-29(32)34-27-15-9-14-24-18-21(16-17-25(24)27)19-28-31-26(20-33-28)30(22-10-5-3-6-11-22)23-12-7-4-8-13-23/h3-15,20-21,30H,2,16-19H2,1H3. The molecule has 0 bridgehead atoms. The van der Waals surface area contributed by atoms with E-state index >= 15 is 0 Å². The summed E-state index contributed by atoms with van der Waals surface area (Å²) in [5, 5.41) is 0. The summed E-state index contributed by atoms with van der Waals surface area (Å²) in [6, 6.07) is 27.0. The molecular formula is C30H29NO3. The van der Waals surface area contributed by atoms with Gasteiger partial charge in [-0.25, -0.2) is 4.98 Å². The largest absolute Gasteiger partial charge is 0.449 e. The van der Waals surface area contributed by atoms with E-state index in [1.165, 1.54) is 22.3 Å². The van der Waals surface area contributed by atoms with Crippen molar-refractivity contribution in [3.63, 3.8) is 0 Å². The van der Waals surface area contributed by atoms with E-state index in [4.69, 9.17) is 14.1 Å². The molecule has 4 nitrogen and oxygen atoms in total. The lowest BCUT2D eigenvalue weighted by atomic mass is 9.82. The summed E-state index contributed by atoms with van der Waals surface area (Å²) < 4.78 is 11.5. The molecule has 1 aromatic heterocycles. The van der Waals surface area contributed by atoms with E-state index in [1.807, 2.05) is 37.5 Å². The Hall–Kier alpha value is -3.66. The SMILES string of the molecule is CCC(=O)Oc1cccc2c1CCC(Cc1nc(C(c3ccccc3)c3ccccc3)co1)C2. The Kier molecular flexibility index (Phi) is 6.57. The number of carbonyl (C=O) groups excluding carboxylic acids is 1. The van der Waals surface area contributed by atoms with Gasteiger partial charge >= 0.3 is 5.97 Å². The maximum atomic E-state index is 11.8. The number of esters is 1. The molecule has 0 radical (unpaired) electrons. The molecule has 0 saturated carbocycles. The minimum Gasteiger partial charge on any atom is -0.449 e. The van der Waals surface area contributed by atoms with Crippen LogP contribution < -0.4 is 4.74 Å². The van der Waals surface area contributed by atoms with Crippen molar-refractivity contribution in [1.82, 2.24) is 4.98 Å². The summed E-state index contributed by atoms with van der Waals surface area (Å²) in [6.07, 6.45) is 5.86. The first-order valence-corrected chi connectivity index (χ1v) is 12.1. The Bertz CT molecular complexity index is 1210. The highest BCUT2D eigenvalue weighted by Crippen LogP contribution is 2.35. The summed E-state index contributed by atoms with van der Waals surface area (Å²) in [5.74, 6) is 1.81. The molecule has 3 aromatic carbocycles. The van der Waals surface area contributed by atoms with Gasteiger partial charge in [-0.3, -0.25) is 4.79 Å². The Morgan fingerprint density at radius 2 is 1.71 bits per heavy atom. The molecule has 0 amide bonds. The van der Waals surface area contributed by atoms with E-state index in [0.717, 1.165) is 43.0 Å². The van der Waals surface area contributed by atoms with Gasteiger partial charge in [-0.15, -0.1) is 0 Å². The molecule has 172 valence electrons. The Morgan fingerprint density at radius 1 is 1.00 bits per heavy atom. The molecule has 34 heavy (non-hydrogen) atoms. The van der Waals surface area contributed by atoms with E-state index in [9.17, 15) is 4.79 Å². The van der Waals surface area contributed by atoms with E-state index in [1.54, 1.807) is 0 Å². The molecule has 1 aliphatic rings. The van der Waals surface area contributed by atoms with Crippen LogP contribution in [0.5, 0.6) is 5.75 Å². The summed E-state index contributed by atoms with van der Waals surface area (Å²) in [4.78, 5) is 16.7. The lowest BCUT2D eigenvalue weighted by Crippen LogP contribution is -2.18. The molecule has 1 heterocycles. The second-order valence-corrected chi connectivity index (χ2v) is 8.95. The minimum atomic E-state index is -0.186. The number of rotatable bonds is 7. The number of nitrogens with zero attached hydrogens (tertiary/aromatic N) is 1. The normalized spacial score (nSPS) is 15.2. The summed E-state index contributed by atoms with van der Waals surface area (Å²) in [7, 11) is 0. The summed E-state index contributed by atoms with van der Waals surface area (Å²) >= 11 is 0. The van der Waals surface area contributed by atoms with Gasteiger partial charge in [0.25, 0.3) is 0 Å². The van der Waals surface area contributed by atoms with Crippen LogP contribution in [-0.4, -0.2) is 11.0 Å². The molecule has 0 aliphatic heterocycles. The van der Waals surface area contributed by atoms with Crippen LogP contribution in [0.4, 0.5) is 0 Å². The fraction of sp³-hybridized carbons (Fsp3) is 0.267. The van der Waals surface area contributed by atoms with Crippen LogP contribution in [0.15, 0.2) is 89.5 Å². The quantitative estimate of drug-likeness (QED) is 0.237. The third kappa shape index (κ3) is 4.81. The average Bonchev–Trinajstić information content (AvgIpc) is 3.33. The van der Waals surface area contributed by atoms with Crippen LogP contribution in [0.1, 0.15) is 59.5 Å². The number of hydrogen-bond donors (Lipinski definition) is 0. The molecule has 1 aliphatic carbocycles. The predicted octanol–water partition coefficient (Wildman–Crippen LogP) is 6.52. The van der Waals surface area contributed by atoms with E-state index in [-0.39, 0.29) is 11.9 Å². The van der Waals surface area contributed by atoms with Gasteiger partial charge in [-0.05, 0) is 53.5 Å². The first kappa shape index (κ1) is 22.1. The van der Waals surface area contributed by atoms with Crippen LogP contribution in [-0.2, 0) is 24.1 Å². The zero-order valence-electron chi connectivity index (χ0n) is 19.4. The van der Waals surface area contributed by atoms with Crippen molar-refractivity contribution in [3.8, 4) is 5.75 Å². The number of fused-ring (bicyclic) bond motifs is 1. The maximum absolute atomic E-state index is 11.8. The molecule has 0 fully saturated rings. The van der Waals surface area contributed by atoms with Crippen LogP contribution in [0, 0.1) is 5.92 Å². The minimum absolute atomic E-state index is 0.0443. The first-order chi connectivity index (χ1) is 16.7. The highest BCUT2D eigenvalue weighted by atomic mass is 16.5. The van der Waals surface area contributed by atoms with Crippen LogP contribution >= 0.6 is 0 Å². The summed E-state index contributed by atoms with van der Waals surface area (Å²) in [5.41, 5.74) is 5.78. The van der Waals surface area contributed by atoms with E-state index < -0.39 is 0 Å². The van der Waals surface area contributed by atoms with Crippen LogP contribution in [0.2, 0.25) is 0 Å². The molecule has 5 rings (SSSR count). The molecule has 1 atom stereocenters. The van der Waals surface area contributed by atoms with Crippen molar-refractivity contribution in [3.05, 3.63) is 119 Å². The number of ether oxygens (including phenoxy) is 1. The van der Waals surface area contributed by atoms with Crippen molar-refractivity contribution in [1.29, 1.82) is 0 Å². The van der Waals surface area contributed by atoms with Crippen molar-refractivity contribution in [2.45, 2.75) is 44.9 Å². The zero-order chi connectivity index (χ0) is 23.3. The molecule has 4 heteroatoms. The number of aromatic nitrogens is 1. The Morgan fingerprint density at radius 3 is 2.38 bits per heavy atom. The molecular weight excluding hydrogens is 422 g/mol. The van der Waals surface area contributed by atoms with Gasteiger partial charge in [-0.1, -0.05) is 79.7 Å². The van der Waals surface area contributed by atoms with Crippen molar-refractivity contribution < 1.29 is 13.9 Å². The fourth-order valence-electron chi connectivity index (χ4n) is 4.94. The van der Waals surface area contributed by atoms with Gasteiger partial charge in [0, 0.05) is 12.8 Å².